The van der Waals surface area contributed by atoms with Crippen molar-refractivity contribution in [3.63, 3.8) is 0 Å². The Labute approximate surface area is 141 Å². The quantitative estimate of drug-likeness (QED) is 0.677. The topological polar surface area (TPSA) is 12.0 Å². The van der Waals surface area contributed by atoms with E-state index < -0.39 is 0 Å². The summed E-state index contributed by atoms with van der Waals surface area (Å²) in [4.78, 5) is 0. The van der Waals surface area contributed by atoms with Crippen molar-refractivity contribution >= 4 is 33.2 Å². The molecule has 3 heteroatoms. The Hall–Kier alpha value is -0.210. The molecule has 4 fully saturated rings. The molecule has 0 heterocycles. The molecule has 4 aliphatic carbocycles. The van der Waals surface area contributed by atoms with Gasteiger partial charge >= 0.3 is 0 Å². The van der Waals surface area contributed by atoms with Gasteiger partial charge in [-0.05, 0) is 103 Å². The van der Waals surface area contributed by atoms with Crippen LogP contribution in [0.2, 0.25) is 5.02 Å². The molecule has 1 unspecified atom stereocenters. The van der Waals surface area contributed by atoms with Gasteiger partial charge in [-0.2, -0.15) is 0 Å². The third kappa shape index (κ3) is 2.53. The van der Waals surface area contributed by atoms with Gasteiger partial charge in [-0.3, -0.25) is 0 Å². The molecular weight excluding hydrogens is 346 g/mol. The van der Waals surface area contributed by atoms with Crippen LogP contribution >= 0.6 is 27.5 Å². The zero-order valence-electron chi connectivity index (χ0n) is 12.5. The van der Waals surface area contributed by atoms with Crippen LogP contribution in [0.1, 0.15) is 45.4 Å². The number of halogens is 2. The number of hydrogen-bond acceptors (Lipinski definition) is 1. The second-order valence-electron chi connectivity index (χ2n) is 7.77. The number of anilines is 1. The first-order chi connectivity index (χ1) is 10.0. The second kappa shape index (κ2) is 5.16. The lowest BCUT2D eigenvalue weighted by atomic mass is 9.48. The first-order valence-electron chi connectivity index (χ1n) is 8.26. The van der Waals surface area contributed by atoms with E-state index in [1.54, 1.807) is 0 Å². The van der Waals surface area contributed by atoms with Gasteiger partial charge in [0.2, 0.25) is 0 Å². The molecular formula is C18H23BrClN. The molecule has 1 aromatic carbocycles. The van der Waals surface area contributed by atoms with Crippen LogP contribution in [-0.4, -0.2) is 6.04 Å². The van der Waals surface area contributed by atoms with Crippen molar-refractivity contribution in [2.45, 2.75) is 51.5 Å². The highest BCUT2D eigenvalue weighted by molar-refractivity contribution is 9.10. The number of benzene rings is 1. The fraction of sp³-hybridized carbons (Fsp3) is 0.667. The van der Waals surface area contributed by atoms with Gasteiger partial charge < -0.3 is 5.32 Å². The van der Waals surface area contributed by atoms with Crippen LogP contribution in [0.4, 0.5) is 5.69 Å². The van der Waals surface area contributed by atoms with Crippen LogP contribution in [0.5, 0.6) is 0 Å². The van der Waals surface area contributed by atoms with E-state index in [9.17, 15) is 0 Å². The fourth-order valence-corrected chi connectivity index (χ4v) is 6.50. The lowest BCUT2D eigenvalue weighted by Crippen LogP contribution is -2.52. The van der Waals surface area contributed by atoms with E-state index in [0.29, 0.717) is 11.5 Å². The molecule has 1 atom stereocenters. The van der Waals surface area contributed by atoms with Gasteiger partial charge in [0.15, 0.2) is 0 Å². The first kappa shape index (κ1) is 14.4. The summed E-state index contributed by atoms with van der Waals surface area (Å²) < 4.78 is 1.08. The monoisotopic (exact) mass is 367 g/mol. The van der Waals surface area contributed by atoms with E-state index in [1.807, 2.05) is 12.1 Å². The molecule has 4 aliphatic rings. The highest BCUT2D eigenvalue weighted by Crippen LogP contribution is 2.61. The Morgan fingerprint density at radius 1 is 1.14 bits per heavy atom. The van der Waals surface area contributed by atoms with Crippen LogP contribution in [0.15, 0.2) is 22.7 Å². The summed E-state index contributed by atoms with van der Waals surface area (Å²) in [7, 11) is 0. The Morgan fingerprint density at radius 2 is 1.71 bits per heavy atom. The molecule has 1 nitrogen and oxygen atoms in total. The smallest absolute Gasteiger partial charge is 0.0487 e. The van der Waals surface area contributed by atoms with Gasteiger partial charge in [-0.1, -0.05) is 11.6 Å². The minimum Gasteiger partial charge on any atom is -0.381 e. The average Bonchev–Trinajstić information content (AvgIpc) is 2.40. The standard InChI is InChI=1S/C18H23BrClN/c1-11(21-17-3-2-15(20)7-16(17)19)18-8-12-4-13(9-18)6-14(5-12)10-18/h2-3,7,11-14,21H,4-6,8-10H2,1H3. The summed E-state index contributed by atoms with van der Waals surface area (Å²) in [6, 6.07) is 6.60. The molecule has 0 saturated heterocycles. The third-order valence-corrected chi connectivity index (χ3v) is 7.20. The van der Waals surface area contributed by atoms with Gasteiger partial charge in [0.25, 0.3) is 0 Å². The van der Waals surface area contributed by atoms with E-state index in [2.05, 4.69) is 34.2 Å². The maximum absolute atomic E-state index is 6.05. The predicted octanol–water partition coefficient (Wildman–Crippen LogP) is 6.12. The zero-order chi connectivity index (χ0) is 14.6. The molecule has 1 N–H and O–H groups in total. The SMILES string of the molecule is CC(Nc1ccc(Cl)cc1Br)C12CC3CC(CC(C3)C1)C2. The Morgan fingerprint density at radius 3 is 2.24 bits per heavy atom. The van der Waals surface area contributed by atoms with Crippen molar-refractivity contribution in [2.24, 2.45) is 23.2 Å². The summed E-state index contributed by atoms with van der Waals surface area (Å²) in [6.45, 7) is 2.40. The van der Waals surface area contributed by atoms with E-state index in [1.165, 1.54) is 44.2 Å². The molecule has 1 aromatic rings. The van der Waals surface area contributed by atoms with Crippen molar-refractivity contribution in [1.29, 1.82) is 0 Å². The van der Waals surface area contributed by atoms with Gasteiger partial charge in [0, 0.05) is 21.2 Å². The zero-order valence-corrected chi connectivity index (χ0v) is 14.9. The Bertz CT molecular complexity index is 521. The van der Waals surface area contributed by atoms with E-state index in [-0.39, 0.29) is 0 Å². The first-order valence-corrected chi connectivity index (χ1v) is 9.43. The molecule has 114 valence electrons. The molecule has 0 aliphatic heterocycles. The molecule has 0 aromatic heterocycles. The van der Waals surface area contributed by atoms with Crippen LogP contribution in [0.25, 0.3) is 0 Å². The molecule has 0 spiro atoms. The predicted molar refractivity (Wildman–Crippen MR) is 92.8 cm³/mol. The minimum atomic E-state index is 0.536. The molecule has 4 bridgehead atoms. The molecule has 0 radical (unpaired) electrons. The van der Waals surface area contributed by atoms with Crippen LogP contribution < -0.4 is 5.32 Å². The lowest BCUT2D eigenvalue weighted by molar-refractivity contribution is -0.0602. The molecule has 4 saturated carbocycles. The summed E-state index contributed by atoms with van der Waals surface area (Å²) in [5.41, 5.74) is 1.72. The summed E-state index contributed by atoms with van der Waals surface area (Å²) in [6.07, 6.45) is 8.86. The van der Waals surface area contributed by atoms with Gasteiger partial charge in [-0.25, -0.2) is 0 Å². The molecule has 5 rings (SSSR count). The van der Waals surface area contributed by atoms with Gasteiger partial charge in [0.1, 0.15) is 0 Å². The summed E-state index contributed by atoms with van der Waals surface area (Å²) in [5, 5.41) is 4.58. The maximum atomic E-state index is 6.05. The van der Waals surface area contributed by atoms with Crippen LogP contribution in [-0.2, 0) is 0 Å². The normalized spacial score (nSPS) is 38.5. The largest absolute Gasteiger partial charge is 0.381 e. The number of rotatable bonds is 3. The molecule has 21 heavy (non-hydrogen) atoms. The average molecular weight is 369 g/mol. The molecule has 0 amide bonds. The van der Waals surface area contributed by atoms with Crippen molar-refractivity contribution in [3.8, 4) is 0 Å². The second-order valence-corrected chi connectivity index (χ2v) is 9.06. The van der Waals surface area contributed by atoms with Crippen LogP contribution in [0, 0.1) is 23.2 Å². The maximum Gasteiger partial charge on any atom is 0.0487 e. The Balaban J connectivity index is 1.56. The number of nitrogens with one attached hydrogen (secondary N) is 1. The van der Waals surface area contributed by atoms with E-state index in [0.717, 1.165) is 27.2 Å². The highest BCUT2D eigenvalue weighted by Gasteiger charge is 2.53. The van der Waals surface area contributed by atoms with Crippen molar-refractivity contribution < 1.29 is 0 Å². The fourth-order valence-electron chi connectivity index (χ4n) is 5.70. The van der Waals surface area contributed by atoms with E-state index >= 15 is 0 Å². The minimum absolute atomic E-state index is 0.536. The van der Waals surface area contributed by atoms with Crippen molar-refractivity contribution in [1.82, 2.24) is 0 Å². The summed E-state index contributed by atoms with van der Waals surface area (Å²) in [5.74, 6) is 3.03. The van der Waals surface area contributed by atoms with Crippen molar-refractivity contribution in [3.05, 3.63) is 27.7 Å². The summed E-state index contributed by atoms with van der Waals surface area (Å²) >= 11 is 9.69. The highest BCUT2D eigenvalue weighted by atomic mass is 79.9. The van der Waals surface area contributed by atoms with E-state index in [4.69, 9.17) is 11.6 Å². The number of hydrogen-bond donors (Lipinski definition) is 1. The van der Waals surface area contributed by atoms with Crippen molar-refractivity contribution in [2.75, 3.05) is 5.32 Å². The Kier molecular flexibility index (Phi) is 3.54. The lowest BCUT2D eigenvalue weighted by Gasteiger charge is -2.59. The third-order valence-electron chi connectivity index (χ3n) is 6.31. The van der Waals surface area contributed by atoms with Gasteiger partial charge in [-0.15, -0.1) is 0 Å². The van der Waals surface area contributed by atoms with Gasteiger partial charge in [0.05, 0.1) is 0 Å². The van der Waals surface area contributed by atoms with Crippen LogP contribution in [0.3, 0.4) is 0 Å².